The third-order valence-corrected chi connectivity index (χ3v) is 6.08. The molecule has 2 bridgehead atoms. The van der Waals surface area contributed by atoms with E-state index in [2.05, 4.69) is 36.0 Å². The number of hydrogen-bond acceptors (Lipinski definition) is 4. The molecule has 1 saturated heterocycles. The summed E-state index contributed by atoms with van der Waals surface area (Å²) in [5.74, 6) is -0.253. The molecule has 2 fully saturated rings. The number of amides is 2. The van der Waals surface area contributed by atoms with Crippen molar-refractivity contribution in [2.24, 2.45) is 28.8 Å². The minimum atomic E-state index is -0.201. The third kappa shape index (κ3) is 2.66. The first-order chi connectivity index (χ1) is 12.6. The van der Waals surface area contributed by atoms with Crippen molar-refractivity contribution in [1.29, 1.82) is 0 Å². The minimum absolute atomic E-state index is 0.130. The van der Waals surface area contributed by atoms with Crippen molar-refractivity contribution in [3.8, 4) is 0 Å². The van der Waals surface area contributed by atoms with Crippen LogP contribution in [0.25, 0.3) is 0 Å². The number of anilines is 1. The Morgan fingerprint density at radius 2 is 1.54 bits per heavy atom. The second-order valence-corrected chi connectivity index (χ2v) is 7.34. The Bertz CT molecular complexity index is 732. The second kappa shape index (κ2) is 6.71. The van der Waals surface area contributed by atoms with E-state index in [1.54, 1.807) is 6.21 Å². The van der Waals surface area contributed by atoms with Gasteiger partial charge in [-0.05, 0) is 56.2 Å². The van der Waals surface area contributed by atoms with Crippen LogP contribution in [0.4, 0.5) is 5.69 Å². The zero-order valence-corrected chi connectivity index (χ0v) is 15.3. The van der Waals surface area contributed by atoms with Crippen LogP contribution in [0.3, 0.4) is 0 Å². The SMILES string of the molecule is CCN(CC)c1ccc(/C=N/N2C(=O)C3C4C=CC(CC4)C3C2=O)cc1. The molecule has 3 aliphatic carbocycles. The summed E-state index contributed by atoms with van der Waals surface area (Å²) in [5, 5.41) is 5.38. The summed E-state index contributed by atoms with van der Waals surface area (Å²) in [6.07, 6.45) is 7.88. The van der Waals surface area contributed by atoms with Gasteiger partial charge in [0.15, 0.2) is 0 Å². The first-order valence-corrected chi connectivity index (χ1v) is 9.59. The van der Waals surface area contributed by atoms with Crippen molar-refractivity contribution in [2.45, 2.75) is 26.7 Å². The van der Waals surface area contributed by atoms with Crippen molar-refractivity contribution in [2.75, 3.05) is 18.0 Å². The molecule has 0 spiro atoms. The van der Waals surface area contributed by atoms with Gasteiger partial charge in [0.05, 0.1) is 18.1 Å². The number of rotatable bonds is 5. The van der Waals surface area contributed by atoms with Crippen LogP contribution >= 0.6 is 0 Å². The fraction of sp³-hybridized carbons (Fsp3) is 0.476. The molecule has 0 N–H and O–H groups in total. The number of imide groups is 1. The van der Waals surface area contributed by atoms with E-state index >= 15 is 0 Å². The molecular weight excluding hydrogens is 326 g/mol. The average Bonchev–Trinajstić information content (AvgIpc) is 2.96. The van der Waals surface area contributed by atoms with Crippen LogP contribution < -0.4 is 4.90 Å². The lowest BCUT2D eigenvalue weighted by atomic mass is 9.63. The third-order valence-electron chi connectivity index (χ3n) is 6.08. The molecule has 26 heavy (non-hydrogen) atoms. The van der Waals surface area contributed by atoms with Gasteiger partial charge in [-0.15, -0.1) is 0 Å². The molecule has 4 atom stereocenters. The Morgan fingerprint density at radius 1 is 1.00 bits per heavy atom. The highest BCUT2D eigenvalue weighted by Crippen LogP contribution is 2.49. The van der Waals surface area contributed by atoms with E-state index in [-0.39, 0.29) is 35.5 Å². The van der Waals surface area contributed by atoms with Crippen molar-refractivity contribution in [3.63, 3.8) is 0 Å². The van der Waals surface area contributed by atoms with Gasteiger partial charge < -0.3 is 4.90 Å². The Kier molecular flexibility index (Phi) is 4.39. The maximum absolute atomic E-state index is 12.7. The van der Waals surface area contributed by atoms with Gasteiger partial charge in [0.2, 0.25) is 0 Å². The molecular formula is C21H25N3O2. The number of hydrazone groups is 1. The normalized spacial score (nSPS) is 29.7. The minimum Gasteiger partial charge on any atom is -0.372 e. The van der Waals surface area contributed by atoms with Gasteiger partial charge in [-0.2, -0.15) is 10.1 Å². The molecule has 4 aliphatic rings. The van der Waals surface area contributed by atoms with Gasteiger partial charge in [0.1, 0.15) is 0 Å². The molecule has 5 heteroatoms. The highest BCUT2D eigenvalue weighted by molar-refractivity contribution is 6.06. The number of carbonyl (C=O) groups is 2. The molecule has 1 aromatic carbocycles. The predicted molar refractivity (Wildman–Crippen MR) is 102 cm³/mol. The molecule has 1 aromatic rings. The molecule has 1 heterocycles. The molecule has 136 valence electrons. The maximum Gasteiger partial charge on any atom is 0.254 e. The smallest absolute Gasteiger partial charge is 0.254 e. The van der Waals surface area contributed by atoms with E-state index in [0.29, 0.717) is 0 Å². The number of fused-ring (bicyclic) bond motifs is 1. The number of benzene rings is 1. The van der Waals surface area contributed by atoms with E-state index < -0.39 is 0 Å². The average molecular weight is 351 g/mol. The zero-order valence-electron chi connectivity index (χ0n) is 15.3. The highest BCUT2D eigenvalue weighted by atomic mass is 16.2. The largest absolute Gasteiger partial charge is 0.372 e. The molecule has 0 aromatic heterocycles. The Labute approximate surface area is 154 Å². The predicted octanol–water partition coefficient (Wildman–Crippen LogP) is 3.06. The lowest BCUT2D eigenvalue weighted by Gasteiger charge is -2.37. The second-order valence-electron chi connectivity index (χ2n) is 7.34. The van der Waals surface area contributed by atoms with Gasteiger partial charge >= 0.3 is 0 Å². The van der Waals surface area contributed by atoms with E-state index in [0.717, 1.165) is 42.2 Å². The number of carbonyl (C=O) groups excluding carboxylic acids is 2. The molecule has 2 amide bonds. The number of nitrogens with zero attached hydrogens (tertiary/aromatic N) is 3. The molecule has 4 unspecified atom stereocenters. The summed E-state index contributed by atoms with van der Waals surface area (Å²) in [7, 11) is 0. The van der Waals surface area contributed by atoms with Crippen LogP contribution in [-0.4, -0.2) is 36.1 Å². The summed E-state index contributed by atoms with van der Waals surface area (Å²) in [6.45, 7) is 6.18. The van der Waals surface area contributed by atoms with Gasteiger partial charge in [0.25, 0.3) is 11.8 Å². The summed E-state index contributed by atoms with van der Waals surface area (Å²) >= 11 is 0. The van der Waals surface area contributed by atoms with Crippen LogP contribution in [0.2, 0.25) is 0 Å². The van der Waals surface area contributed by atoms with Crippen molar-refractivity contribution in [3.05, 3.63) is 42.0 Å². The molecule has 5 rings (SSSR count). The lowest BCUT2D eigenvalue weighted by molar-refractivity contribution is -0.140. The van der Waals surface area contributed by atoms with E-state index in [1.165, 1.54) is 0 Å². The molecule has 5 nitrogen and oxygen atoms in total. The topological polar surface area (TPSA) is 53.0 Å². The van der Waals surface area contributed by atoms with E-state index in [4.69, 9.17) is 0 Å². The Balaban J connectivity index is 1.51. The summed E-state index contributed by atoms with van der Waals surface area (Å²) in [4.78, 5) is 27.7. The first-order valence-electron chi connectivity index (χ1n) is 9.59. The number of hydrogen-bond donors (Lipinski definition) is 0. The Hall–Kier alpha value is -2.43. The first kappa shape index (κ1) is 17.0. The van der Waals surface area contributed by atoms with Crippen LogP contribution in [-0.2, 0) is 9.59 Å². The van der Waals surface area contributed by atoms with Crippen molar-refractivity contribution < 1.29 is 9.59 Å². The van der Waals surface area contributed by atoms with Crippen molar-refractivity contribution in [1.82, 2.24) is 5.01 Å². The lowest BCUT2D eigenvalue weighted by Crippen LogP contribution is -2.38. The van der Waals surface area contributed by atoms with Gasteiger partial charge in [-0.3, -0.25) is 9.59 Å². The Morgan fingerprint density at radius 3 is 2.00 bits per heavy atom. The highest BCUT2D eigenvalue weighted by Gasteiger charge is 2.56. The van der Waals surface area contributed by atoms with Crippen LogP contribution in [0.15, 0.2) is 41.5 Å². The maximum atomic E-state index is 12.7. The standard InChI is InChI=1S/C21H25N3O2/c1-3-23(4-2)17-11-5-14(6-12-17)13-22-24-20(25)18-15-7-8-16(10-9-15)19(18)21(24)26/h5-8,11-13,15-16,18-19H,3-4,9-10H2,1-2H3/b22-13+. The summed E-state index contributed by atoms with van der Waals surface area (Å²) < 4.78 is 0. The monoisotopic (exact) mass is 351 g/mol. The quantitative estimate of drug-likeness (QED) is 0.465. The summed E-state index contributed by atoms with van der Waals surface area (Å²) in [6, 6.07) is 8.04. The van der Waals surface area contributed by atoms with Crippen molar-refractivity contribution >= 4 is 23.7 Å². The number of allylic oxidation sites excluding steroid dienone is 2. The van der Waals surface area contributed by atoms with E-state index in [9.17, 15) is 9.59 Å². The molecule has 1 aliphatic heterocycles. The molecule has 0 radical (unpaired) electrons. The van der Waals surface area contributed by atoms with E-state index in [1.807, 2.05) is 24.3 Å². The van der Waals surface area contributed by atoms with Gasteiger partial charge in [-0.25, -0.2) is 0 Å². The van der Waals surface area contributed by atoms with Crippen LogP contribution in [0, 0.1) is 23.7 Å². The molecule has 1 saturated carbocycles. The van der Waals surface area contributed by atoms with Gasteiger partial charge in [-0.1, -0.05) is 24.3 Å². The zero-order chi connectivity index (χ0) is 18.3. The van der Waals surface area contributed by atoms with Gasteiger partial charge in [0, 0.05) is 18.8 Å². The van der Waals surface area contributed by atoms with Crippen LogP contribution in [0.1, 0.15) is 32.3 Å². The van der Waals surface area contributed by atoms with Crippen LogP contribution in [0.5, 0.6) is 0 Å². The fourth-order valence-corrected chi connectivity index (χ4v) is 4.66. The summed E-state index contributed by atoms with van der Waals surface area (Å²) in [5.41, 5.74) is 2.05. The fourth-order valence-electron chi connectivity index (χ4n) is 4.66.